The zero-order valence-corrected chi connectivity index (χ0v) is 12.7. The van der Waals surface area contributed by atoms with Gasteiger partial charge in [-0.15, -0.1) is 11.3 Å². The van der Waals surface area contributed by atoms with Gasteiger partial charge < -0.3 is 10.1 Å². The number of morpholine rings is 1. The van der Waals surface area contributed by atoms with E-state index in [0.717, 1.165) is 32.8 Å². The lowest BCUT2D eigenvalue weighted by Crippen LogP contribution is -2.45. The Morgan fingerprint density at radius 3 is 2.60 bits per heavy atom. The van der Waals surface area contributed by atoms with Crippen LogP contribution in [0.1, 0.15) is 33.2 Å². The molecular formula is C14H20N2O3S. The van der Waals surface area contributed by atoms with E-state index in [1.807, 2.05) is 6.92 Å². The molecule has 2 heterocycles. The second-order valence-electron chi connectivity index (χ2n) is 5.01. The lowest BCUT2D eigenvalue weighted by molar-refractivity contribution is 0.0342. The molecule has 1 atom stereocenters. The Kier molecular flexibility index (Phi) is 5.28. The zero-order chi connectivity index (χ0) is 14.5. The fourth-order valence-corrected chi connectivity index (χ4v) is 2.97. The molecule has 0 spiro atoms. The third kappa shape index (κ3) is 4.13. The number of carbonyl (C=O) groups is 2. The Balaban J connectivity index is 1.84. The van der Waals surface area contributed by atoms with Gasteiger partial charge in [0.2, 0.25) is 0 Å². The summed E-state index contributed by atoms with van der Waals surface area (Å²) in [5.41, 5.74) is 0. The van der Waals surface area contributed by atoms with Crippen LogP contribution in [0.4, 0.5) is 0 Å². The predicted molar refractivity (Wildman–Crippen MR) is 78.5 cm³/mol. The highest BCUT2D eigenvalue weighted by Gasteiger charge is 2.17. The molecule has 1 N–H and O–H groups in total. The predicted octanol–water partition coefficient (Wildman–Crippen LogP) is 1.40. The number of thiophene rings is 1. The smallest absolute Gasteiger partial charge is 0.261 e. The van der Waals surface area contributed by atoms with Gasteiger partial charge in [-0.25, -0.2) is 0 Å². The number of ether oxygens (including phenoxy) is 1. The van der Waals surface area contributed by atoms with Gasteiger partial charge in [-0.1, -0.05) is 0 Å². The summed E-state index contributed by atoms with van der Waals surface area (Å²) in [6, 6.07) is 3.48. The minimum Gasteiger partial charge on any atom is -0.379 e. The summed E-state index contributed by atoms with van der Waals surface area (Å²) in [5.74, 6) is -0.112. The van der Waals surface area contributed by atoms with Crippen molar-refractivity contribution in [1.29, 1.82) is 0 Å². The standard InChI is InChI=1S/C14H20N2O3S/c1-10(9-16-5-7-19-8-6-16)15-14(18)13-4-3-12(20-13)11(2)17/h3-4,10H,5-9H2,1-2H3,(H,15,18)/t10-/m0/s1. The Bertz CT molecular complexity index is 481. The monoisotopic (exact) mass is 296 g/mol. The normalized spacial score (nSPS) is 17.7. The number of rotatable bonds is 5. The maximum absolute atomic E-state index is 12.1. The van der Waals surface area contributed by atoms with Crippen LogP contribution >= 0.6 is 11.3 Å². The van der Waals surface area contributed by atoms with E-state index in [-0.39, 0.29) is 17.7 Å². The molecule has 1 saturated heterocycles. The first-order valence-corrected chi connectivity index (χ1v) is 7.59. The van der Waals surface area contributed by atoms with E-state index >= 15 is 0 Å². The van der Waals surface area contributed by atoms with Crippen molar-refractivity contribution in [3.8, 4) is 0 Å². The molecule has 6 heteroatoms. The van der Waals surface area contributed by atoms with Crippen LogP contribution in [0.5, 0.6) is 0 Å². The number of nitrogens with one attached hydrogen (secondary N) is 1. The molecule has 1 aliphatic rings. The number of ketones is 1. The summed E-state index contributed by atoms with van der Waals surface area (Å²) in [6.07, 6.45) is 0. The first kappa shape index (κ1) is 15.2. The number of Topliss-reactive ketones (excluding diaryl/α,β-unsaturated/α-hetero) is 1. The summed E-state index contributed by atoms with van der Waals surface area (Å²) >= 11 is 1.24. The van der Waals surface area contributed by atoms with E-state index in [2.05, 4.69) is 10.2 Å². The summed E-state index contributed by atoms with van der Waals surface area (Å²) < 4.78 is 5.30. The van der Waals surface area contributed by atoms with Crippen LogP contribution < -0.4 is 5.32 Å². The summed E-state index contributed by atoms with van der Waals surface area (Å²) in [5, 5.41) is 2.97. The van der Waals surface area contributed by atoms with Crippen LogP contribution in [0.2, 0.25) is 0 Å². The van der Waals surface area contributed by atoms with Crippen molar-refractivity contribution in [2.75, 3.05) is 32.8 Å². The van der Waals surface area contributed by atoms with Gasteiger partial charge in [-0.2, -0.15) is 0 Å². The molecule has 110 valence electrons. The van der Waals surface area contributed by atoms with E-state index in [9.17, 15) is 9.59 Å². The van der Waals surface area contributed by atoms with Gasteiger partial charge in [0.15, 0.2) is 5.78 Å². The largest absolute Gasteiger partial charge is 0.379 e. The number of nitrogens with zero attached hydrogens (tertiary/aromatic N) is 1. The molecule has 0 aliphatic carbocycles. The Labute approximate surface area is 122 Å². The molecular weight excluding hydrogens is 276 g/mol. The van der Waals surface area contributed by atoms with Gasteiger partial charge in [-0.05, 0) is 26.0 Å². The molecule has 0 saturated carbocycles. The SMILES string of the molecule is CC(=O)c1ccc(C(=O)N[C@@H](C)CN2CCOCC2)s1. The summed E-state index contributed by atoms with van der Waals surface area (Å²) in [6.45, 7) is 7.66. The highest BCUT2D eigenvalue weighted by Crippen LogP contribution is 2.17. The number of amides is 1. The van der Waals surface area contributed by atoms with E-state index in [1.54, 1.807) is 12.1 Å². The fourth-order valence-electron chi connectivity index (χ4n) is 2.16. The average molecular weight is 296 g/mol. The van der Waals surface area contributed by atoms with E-state index in [0.29, 0.717) is 9.75 Å². The Morgan fingerprint density at radius 2 is 2.00 bits per heavy atom. The molecule has 0 radical (unpaired) electrons. The molecule has 0 bridgehead atoms. The van der Waals surface area contributed by atoms with Crippen LogP contribution in [0.25, 0.3) is 0 Å². The molecule has 1 fully saturated rings. The van der Waals surface area contributed by atoms with Gasteiger partial charge >= 0.3 is 0 Å². The number of hydrogen-bond acceptors (Lipinski definition) is 5. The molecule has 0 aromatic carbocycles. The van der Waals surface area contributed by atoms with Crippen molar-refractivity contribution in [2.45, 2.75) is 19.9 Å². The molecule has 5 nitrogen and oxygen atoms in total. The van der Waals surface area contributed by atoms with Crippen molar-refractivity contribution in [2.24, 2.45) is 0 Å². The van der Waals surface area contributed by atoms with Gasteiger partial charge in [0.05, 0.1) is 23.0 Å². The first-order valence-electron chi connectivity index (χ1n) is 6.78. The van der Waals surface area contributed by atoms with Crippen molar-refractivity contribution >= 4 is 23.0 Å². The summed E-state index contributed by atoms with van der Waals surface area (Å²) in [7, 11) is 0. The van der Waals surface area contributed by atoms with Gasteiger partial charge in [0.1, 0.15) is 0 Å². The lowest BCUT2D eigenvalue weighted by Gasteiger charge is -2.29. The minimum atomic E-state index is -0.108. The molecule has 1 aromatic heterocycles. The maximum atomic E-state index is 12.1. The molecule has 20 heavy (non-hydrogen) atoms. The summed E-state index contributed by atoms with van der Waals surface area (Å²) in [4.78, 5) is 26.8. The second kappa shape index (κ2) is 6.97. The molecule has 2 rings (SSSR count). The second-order valence-corrected chi connectivity index (χ2v) is 6.09. The van der Waals surface area contributed by atoms with Gasteiger partial charge in [0, 0.05) is 25.7 Å². The van der Waals surface area contributed by atoms with Crippen molar-refractivity contribution in [3.63, 3.8) is 0 Å². The Hall–Kier alpha value is -1.24. The first-order chi connectivity index (χ1) is 9.56. The van der Waals surface area contributed by atoms with Gasteiger partial charge in [0.25, 0.3) is 5.91 Å². The quantitative estimate of drug-likeness (QED) is 0.835. The van der Waals surface area contributed by atoms with Crippen LogP contribution in [0.15, 0.2) is 12.1 Å². The third-order valence-electron chi connectivity index (χ3n) is 3.19. The maximum Gasteiger partial charge on any atom is 0.261 e. The molecule has 0 unspecified atom stereocenters. The average Bonchev–Trinajstić information content (AvgIpc) is 2.89. The van der Waals surface area contributed by atoms with Crippen molar-refractivity contribution < 1.29 is 14.3 Å². The number of hydrogen-bond donors (Lipinski definition) is 1. The van der Waals surface area contributed by atoms with E-state index in [4.69, 9.17) is 4.74 Å². The highest BCUT2D eigenvalue weighted by atomic mass is 32.1. The van der Waals surface area contributed by atoms with Crippen LogP contribution in [0.3, 0.4) is 0 Å². The molecule has 1 amide bonds. The van der Waals surface area contributed by atoms with Gasteiger partial charge in [-0.3, -0.25) is 14.5 Å². The van der Waals surface area contributed by atoms with Crippen LogP contribution in [-0.4, -0.2) is 55.5 Å². The third-order valence-corrected chi connectivity index (χ3v) is 4.37. The van der Waals surface area contributed by atoms with E-state index < -0.39 is 0 Å². The topological polar surface area (TPSA) is 58.6 Å². The highest BCUT2D eigenvalue weighted by molar-refractivity contribution is 7.15. The van der Waals surface area contributed by atoms with Crippen LogP contribution in [0, 0.1) is 0 Å². The molecule has 1 aromatic rings. The lowest BCUT2D eigenvalue weighted by atomic mass is 10.2. The van der Waals surface area contributed by atoms with E-state index in [1.165, 1.54) is 18.3 Å². The zero-order valence-electron chi connectivity index (χ0n) is 11.8. The Morgan fingerprint density at radius 1 is 1.35 bits per heavy atom. The van der Waals surface area contributed by atoms with Crippen molar-refractivity contribution in [3.05, 3.63) is 21.9 Å². The molecule has 1 aliphatic heterocycles. The minimum absolute atomic E-state index is 0.00425. The number of carbonyl (C=O) groups excluding carboxylic acids is 2. The van der Waals surface area contributed by atoms with Crippen LogP contribution in [-0.2, 0) is 4.74 Å². The van der Waals surface area contributed by atoms with Crippen molar-refractivity contribution in [1.82, 2.24) is 10.2 Å². The fraction of sp³-hybridized carbons (Fsp3) is 0.571.